The lowest BCUT2D eigenvalue weighted by Crippen LogP contribution is -2.37. The van der Waals surface area contributed by atoms with E-state index in [2.05, 4.69) is 41.0 Å². The number of pyridine rings is 1. The summed E-state index contributed by atoms with van der Waals surface area (Å²) in [5.74, 6) is 1.46. The van der Waals surface area contributed by atoms with Gasteiger partial charge in [0.1, 0.15) is 5.82 Å². The van der Waals surface area contributed by atoms with Gasteiger partial charge >= 0.3 is 0 Å². The van der Waals surface area contributed by atoms with Crippen molar-refractivity contribution in [2.45, 2.75) is 26.3 Å². The minimum Gasteiger partial charge on any atom is -0.481 e. The van der Waals surface area contributed by atoms with Crippen LogP contribution < -0.4 is 10.1 Å². The van der Waals surface area contributed by atoms with Crippen LogP contribution in [0.3, 0.4) is 0 Å². The van der Waals surface area contributed by atoms with Gasteiger partial charge in [-0.3, -0.25) is 0 Å². The highest BCUT2D eigenvalue weighted by atomic mass is 16.5. The van der Waals surface area contributed by atoms with Gasteiger partial charge in [-0.1, -0.05) is 6.92 Å². The Balaban J connectivity index is 2.44. The van der Waals surface area contributed by atoms with E-state index in [0.717, 1.165) is 17.9 Å². The number of aromatic nitrogens is 3. The number of fused-ring (bicyclic) bond motifs is 1. The van der Waals surface area contributed by atoms with Gasteiger partial charge in [-0.05, 0) is 26.5 Å². The van der Waals surface area contributed by atoms with E-state index in [9.17, 15) is 0 Å². The summed E-state index contributed by atoms with van der Waals surface area (Å²) in [6, 6.07) is 3.75. The zero-order valence-electron chi connectivity index (χ0n) is 10.7. The van der Waals surface area contributed by atoms with E-state index in [1.54, 1.807) is 7.11 Å². The highest BCUT2D eigenvalue weighted by molar-refractivity contribution is 5.71. The van der Waals surface area contributed by atoms with Gasteiger partial charge in [-0.2, -0.15) is 4.98 Å². The van der Waals surface area contributed by atoms with E-state index in [1.807, 2.05) is 12.1 Å². The molecule has 0 atom stereocenters. The molecule has 0 saturated carbocycles. The molecule has 0 bridgehead atoms. The third-order valence-corrected chi connectivity index (χ3v) is 2.74. The Hall–Kier alpha value is -1.62. The van der Waals surface area contributed by atoms with E-state index in [-0.39, 0.29) is 5.54 Å². The van der Waals surface area contributed by atoms with Crippen LogP contribution in [0.15, 0.2) is 12.1 Å². The molecule has 0 unspecified atom stereocenters. The quantitative estimate of drug-likeness (QED) is 0.847. The number of aromatic amines is 1. The Labute approximate surface area is 101 Å². The molecule has 0 saturated heterocycles. The molecule has 0 aliphatic heterocycles. The van der Waals surface area contributed by atoms with Gasteiger partial charge in [0.2, 0.25) is 5.88 Å². The van der Waals surface area contributed by atoms with Crippen LogP contribution in [0, 0.1) is 0 Å². The average Bonchev–Trinajstić information content (AvgIpc) is 2.72. The molecule has 5 nitrogen and oxygen atoms in total. The highest BCUT2D eigenvalue weighted by Crippen LogP contribution is 2.21. The Morgan fingerprint density at radius 2 is 2.12 bits per heavy atom. The SMILES string of the molecule is CCNC(C)(C)c1nc2nc(OC)ccc2[nH]1. The van der Waals surface area contributed by atoms with Gasteiger partial charge in [0, 0.05) is 6.07 Å². The number of hydrogen-bond donors (Lipinski definition) is 2. The molecule has 0 aliphatic carbocycles. The summed E-state index contributed by atoms with van der Waals surface area (Å²) in [7, 11) is 1.60. The lowest BCUT2D eigenvalue weighted by molar-refractivity contribution is 0.394. The second-order valence-electron chi connectivity index (χ2n) is 4.47. The van der Waals surface area contributed by atoms with Crippen LogP contribution in [0.5, 0.6) is 5.88 Å². The lowest BCUT2D eigenvalue weighted by Gasteiger charge is -2.22. The topological polar surface area (TPSA) is 62.8 Å². The molecule has 92 valence electrons. The van der Waals surface area contributed by atoms with Gasteiger partial charge in [-0.15, -0.1) is 0 Å². The maximum Gasteiger partial charge on any atom is 0.215 e. The van der Waals surface area contributed by atoms with Crippen molar-refractivity contribution in [3.8, 4) is 5.88 Å². The summed E-state index contributed by atoms with van der Waals surface area (Å²) in [6.07, 6.45) is 0. The fourth-order valence-electron chi connectivity index (χ4n) is 1.81. The van der Waals surface area contributed by atoms with Gasteiger partial charge in [0.05, 0.1) is 18.2 Å². The van der Waals surface area contributed by atoms with Crippen molar-refractivity contribution >= 4 is 11.2 Å². The molecule has 5 heteroatoms. The minimum atomic E-state index is -0.192. The summed E-state index contributed by atoms with van der Waals surface area (Å²) in [5.41, 5.74) is 1.42. The van der Waals surface area contributed by atoms with Crippen molar-refractivity contribution in [2.75, 3.05) is 13.7 Å². The Kier molecular flexibility index (Phi) is 3.02. The van der Waals surface area contributed by atoms with E-state index in [1.165, 1.54) is 0 Å². The number of H-pyrrole nitrogens is 1. The second-order valence-corrected chi connectivity index (χ2v) is 4.47. The van der Waals surface area contributed by atoms with E-state index >= 15 is 0 Å². The predicted octanol–water partition coefficient (Wildman–Crippen LogP) is 1.81. The highest BCUT2D eigenvalue weighted by Gasteiger charge is 2.23. The van der Waals surface area contributed by atoms with Crippen LogP contribution in [0.4, 0.5) is 0 Å². The maximum absolute atomic E-state index is 5.08. The second kappa shape index (κ2) is 4.33. The maximum atomic E-state index is 5.08. The summed E-state index contributed by atoms with van der Waals surface area (Å²) < 4.78 is 5.08. The van der Waals surface area contributed by atoms with E-state index < -0.39 is 0 Å². The molecule has 2 aromatic heterocycles. The first-order chi connectivity index (χ1) is 8.06. The van der Waals surface area contributed by atoms with Crippen LogP contribution in [0.25, 0.3) is 11.2 Å². The molecule has 2 heterocycles. The van der Waals surface area contributed by atoms with Gasteiger partial charge in [0.25, 0.3) is 0 Å². The van der Waals surface area contributed by atoms with Crippen LogP contribution >= 0.6 is 0 Å². The summed E-state index contributed by atoms with van der Waals surface area (Å²) in [5, 5.41) is 3.37. The molecule has 0 fully saturated rings. The van der Waals surface area contributed by atoms with E-state index in [4.69, 9.17) is 4.74 Å². The molecule has 2 N–H and O–H groups in total. The van der Waals surface area contributed by atoms with Crippen LogP contribution in [-0.4, -0.2) is 28.6 Å². The smallest absolute Gasteiger partial charge is 0.215 e. The molecule has 0 radical (unpaired) electrons. The van der Waals surface area contributed by atoms with Crippen LogP contribution in [-0.2, 0) is 5.54 Å². The Morgan fingerprint density at radius 1 is 1.35 bits per heavy atom. The molecule has 2 aromatic rings. The molecule has 2 rings (SSSR count). The molecule has 0 aromatic carbocycles. The largest absolute Gasteiger partial charge is 0.481 e. The van der Waals surface area contributed by atoms with Crippen molar-refractivity contribution in [1.82, 2.24) is 20.3 Å². The lowest BCUT2D eigenvalue weighted by atomic mass is 10.1. The number of methoxy groups -OCH3 is 1. The summed E-state index contributed by atoms with van der Waals surface area (Å²) in [6.45, 7) is 7.14. The number of nitrogens with zero attached hydrogens (tertiary/aromatic N) is 2. The molecule has 17 heavy (non-hydrogen) atoms. The van der Waals surface area contributed by atoms with Crippen molar-refractivity contribution in [2.24, 2.45) is 0 Å². The molecule has 0 spiro atoms. The molecular formula is C12H18N4O. The van der Waals surface area contributed by atoms with Crippen LogP contribution in [0.2, 0.25) is 0 Å². The first kappa shape index (κ1) is 11.9. The number of hydrogen-bond acceptors (Lipinski definition) is 4. The summed E-state index contributed by atoms with van der Waals surface area (Å²) in [4.78, 5) is 12.1. The number of rotatable bonds is 4. The normalized spacial score (nSPS) is 12.0. The molecule has 0 aliphatic rings. The predicted molar refractivity (Wildman–Crippen MR) is 67.1 cm³/mol. The number of imidazole rings is 1. The zero-order valence-corrected chi connectivity index (χ0v) is 10.7. The van der Waals surface area contributed by atoms with Gasteiger partial charge < -0.3 is 15.0 Å². The van der Waals surface area contributed by atoms with E-state index in [0.29, 0.717) is 11.5 Å². The Bertz CT molecular complexity index is 518. The van der Waals surface area contributed by atoms with Gasteiger partial charge in [-0.25, -0.2) is 4.98 Å². The number of nitrogens with one attached hydrogen (secondary N) is 2. The van der Waals surface area contributed by atoms with Gasteiger partial charge in [0.15, 0.2) is 5.65 Å². The average molecular weight is 234 g/mol. The van der Waals surface area contributed by atoms with Crippen LogP contribution in [0.1, 0.15) is 26.6 Å². The molecular weight excluding hydrogens is 216 g/mol. The Morgan fingerprint density at radius 3 is 2.76 bits per heavy atom. The standard InChI is InChI=1S/C12H18N4O/c1-5-13-12(2,3)11-14-8-6-7-9(17-4)15-10(8)16-11/h6-7,13H,5H2,1-4H3,(H,14,15,16). The third-order valence-electron chi connectivity index (χ3n) is 2.74. The van der Waals surface area contributed by atoms with Crippen molar-refractivity contribution < 1.29 is 4.74 Å². The fourth-order valence-corrected chi connectivity index (χ4v) is 1.81. The number of ether oxygens (including phenoxy) is 1. The fraction of sp³-hybridized carbons (Fsp3) is 0.500. The third kappa shape index (κ3) is 2.24. The van der Waals surface area contributed by atoms with Crippen molar-refractivity contribution in [1.29, 1.82) is 0 Å². The summed E-state index contributed by atoms with van der Waals surface area (Å²) >= 11 is 0. The first-order valence-corrected chi connectivity index (χ1v) is 5.73. The van der Waals surface area contributed by atoms with Crippen molar-refractivity contribution in [3.05, 3.63) is 18.0 Å². The molecule has 0 amide bonds. The van der Waals surface area contributed by atoms with Crippen molar-refractivity contribution in [3.63, 3.8) is 0 Å². The minimum absolute atomic E-state index is 0.192. The zero-order chi connectivity index (χ0) is 12.5. The first-order valence-electron chi connectivity index (χ1n) is 5.73. The monoisotopic (exact) mass is 234 g/mol.